The fraction of sp³-hybridized carbons (Fsp3) is 0.154. The molecule has 3 aromatic rings. The van der Waals surface area contributed by atoms with Crippen molar-refractivity contribution < 1.29 is 23.9 Å². The van der Waals surface area contributed by atoms with Crippen LogP contribution >= 0.6 is 22.6 Å². The quantitative estimate of drug-likeness (QED) is 0.275. The van der Waals surface area contributed by atoms with Crippen molar-refractivity contribution in [2.45, 2.75) is 11.7 Å². The van der Waals surface area contributed by atoms with E-state index in [4.69, 9.17) is 4.74 Å². The Balaban J connectivity index is 1.56. The van der Waals surface area contributed by atoms with Gasteiger partial charge in [0.2, 0.25) is 29.0 Å². The van der Waals surface area contributed by atoms with Gasteiger partial charge in [0.05, 0.1) is 23.6 Å². The first-order chi connectivity index (χ1) is 15.9. The number of nitrogens with zero attached hydrogens (tertiary/aromatic N) is 1. The molecule has 0 aromatic heterocycles. The highest BCUT2D eigenvalue weighted by atomic mass is 127. The highest BCUT2D eigenvalue weighted by Crippen LogP contribution is 2.57. The number of Topliss-reactive ketones (excluding diaryl/α,β-unsaturated/α-hetero) is 2. The van der Waals surface area contributed by atoms with Crippen molar-refractivity contribution in [3.8, 4) is 0 Å². The normalized spacial score (nSPS) is 25.1. The summed E-state index contributed by atoms with van der Waals surface area (Å²) in [5.74, 6) is -4.38. The number of ether oxygens (including phenoxy) is 1. The van der Waals surface area contributed by atoms with E-state index in [9.17, 15) is 19.2 Å². The van der Waals surface area contributed by atoms with E-state index in [1.165, 1.54) is 0 Å². The van der Waals surface area contributed by atoms with E-state index >= 15 is 0 Å². The first kappa shape index (κ1) is 20.4. The van der Waals surface area contributed by atoms with Crippen LogP contribution in [0.15, 0.2) is 78.9 Å². The average Bonchev–Trinajstić information content (AvgIpc) is 3.40. The van der Waals surface area contributed by atoms with Crippen molar-refractivity contribution in [2.24, 2.45) is 11.8 Å². The summed E-state index contributed by atoms with van der Waals surface area (Å²) in [6, 6.07) is 22.4. The van der Waals surface area contributed by atoms with Crippen LogP contribution in [0.4, 0.5) is 5.69 Å². The molecule has 2 heterocycles. The van der Waals surface area contributed by atoms with E-state index in [2.05, 4.69) is 22.6 Å². The summed E-state index contributed by atoms with van der Waals surface area (Å²) in [5.41, 5.74) is -0.530. The first-order valence-electron chi connectivity index (χ1n) is 10.5. The van der Waals surface area contributed by atoms with Gasteiger partial charge in [0.25, 0.3) is 0 Å². The molecular weight excluding hydrogens is 533 g/mol. The van der Waals surface area contributed by atoms with E-state index in [-0.39, 0.29) is 11.1 Å². The monoisotopic (exact) mass is 549 g/mol. The maximum absolute atomic E-state index is 13.8. The molecule has 0 bridgehead atoms. The third kappa shape index (κ3) is 2.63. The third-order valence-corrected chi connectivity index (χ3v) is 7.38. The molecule has 2 aliphatic heterocycles. The molecule has 0 saturated carbocycles. The highest BCUT2D eigenvalue weighted by Gasteiger charge is 2.74. The van der Waals surface area contributed by atoms with Crippen LogP contribution in [-0.2, 0) is 14.3 Å². The lowest BCUT2D eigenvalue weighted by Crippen LogP contribution is -2.51. The number of ketones is 2. The van der Waals surface area contributed by atoms with Crippen molar-refractivity contribution >= 4 is 51.7 Å². The number of hydrogen-bond acceptors (Lipinski definition) is 5. The minimum Gasteiger partial charge on any atom is -0.349 e. The number of carbonyl (C=O) groups excluding carboxylic acids is 4. The molecule has 6 rings (SSSR count). The van der Waals surface area contributed by atoms with Crippen LogP contribution in [0.5, 0.6) is 0 Å². The Labute approximate surface area is 202 Å². The molecule has 33 heavy (non-hydrogen) atoms. The number of anilines is 1. The van der Waals surface area contributed by atoms with Crippen LogP contribution in [0.3, 0.4) is 0 Å². The molecule has 162 valence electrons. The number of carbonyl (C=O) groups is 4. The third-order valence-electron chi connectivity index (χ3n) is 6.71. The second-order valence-electron chi connectivity index (χ2n) is 8.38. The summed E-state index contributed by atoms with van der Waals surface area (Å²) < 4.78 is 7.19. The number of amides is 2. The van der Waals surface area contributed by atoms with E-state index in [1.54, 1.807) is 60.7 Å². The lowest BCUT2D eigenvalue weighted by molar-refractivity contribution is -0.127. The molecule has 0 unspecified atom stereocenters. The van der Waals surface area contributed by atoms with Crippen LogP contribution < -0.4 is 4.90 Å². The zero-order valence-electron chi connectivity index (χ0n) is 17.1. The summed E-state index contributed by atoms with van der Waals surface area (Å²) in [6.45, 7) is 0. The number of halogens is 1. The van der Waals surface area contributed by atoms with Gasteiger partial charge in [-0.15, -0.1) is 0 Å². The fourth-order valence-electron chi connectivity index (χ4n) is 5.33. The van der Waals surface area contributed by atoms with Gasteiger partial charge in [-0.1, -0.05) is 54.6 Å². The predicted octanol–water partition coefficient (Wildman–Crippen LogP) is 3.99. The molecule has 3 aromatic carbocycles. The molecule has 0 radical (unpaired) electrons. The maximum Gasteiger partial charge on any atom is 0.241 e. The Hall–Kier alpha value is -3.17. The second-order valence-corrected chi connectivity index (χ2v) is 9.63. The molecule has 2 saturated heterocycles. The topological polar surface area (TPSA) is 80.8 Å². The van der Waals surface area contributed by atoms with Gasteiger partial charge >= 0.3 is 0 Å². The second kappa shape index (κ2) is 7.16. The molecule has 6 nitrogen and oxygen atoms in total. The molecular formula is C26H16INO5. The lowest BCUT2D eigenvalue weighted by Gasteiger charge is -2.27. The summed E-state index contributed by atoms with van der Waals surface area (Å²) in [5, 5.41) is 0. The maximum atomic E-state index is 13.8. The van der Waals surface area contributed by atoms with Crippen molar-refractivity contribution in [2.75, 3.05) is 4.90 Å². The summed E-state index contributed by atoms with van der Waals surface area (Å²) in [7, 11) is 0. The van der Waals surface area contributed by atoms with Gasteiger partial charge in [0, 0.05) is 14.7 Å². The molecule has 1 aliphatic carbocycles. The zero-order chi connectivity index (χ0) is 22.9. The number of imide groups is 1. The van der Waals surface area contributed by atoms with Gasteiger partial charge in [0.1, 0.15) is 0 Å². The van der Waals surface area contributed by atoms with Crippen LogP contribution in [0.1, 0.15) is 32.4 Å². The largest absolute Gasteiger partial charge is 0.349 e. The average molecular weight is 549 g/mol. The van der Waals surface area contributed by atoms with Gasteiger partial charge in [0.15, 0.2) is 0 Å². The van der Waals surface area contributed by atoms with E-state index < -0.39 is 46.9 Å². The van der Waals surface area contributed by atoms with Crippen molar-refractivity contribution in [1.29, 1.82) is 0 Å². The van der Waals surface area contributed by atoms with Crippen LogP contribution in [-0.4, -0.2) is 29.0 Å². The smallest absolute Gasteiger partial charge is 0.241 e. The fourth-order valence-corrected chi connectivity index (χ4v) is 5.90. The summed E-state index contributed by atoms with van der Waals surface area (Å²) >= 11 is 2.15. The van der Waals surface area contributed by atoms with E-state index in [0.29, 0.717) is 11.3 Å². The van der Waals surface area contributed by atoms with Gasteiger partial charge in [-0.2, -0.15) is 0 Å². The van der Waals surface area contributed by atoms with Crippen LogP contribution in [0.25, 0.3) is 0 Å². The Bertz CT molecular complexity index is 1330. The lowest BCUT2D eigenvalue weighted by atomic mass is 9.77. The summed E-state index contributed by atoms with van der Waals surface area (Å²) in [4.78, 5) is 55.9. The number of rotatable bonds is 2. The van der Waals surface area contributed by atoms with Gasteiger partial charge in [-0.25, -0.2) is 4.90 Å². The first-order valence-corrected chi connectivity index (χ1v) is 11.6. The Morgan fingerprint density at radius 1 is 0.758 bits per heavy atom. The van der Waals surface area contributed by atoms with Gasteiger partial charge in [-0.3, -0.25) is 19.2 Å². The standard InChI is InChI=1S/C26H16INO5/c27-15-8-6-7-14(13-15)21-19-20(25(32)28(24(19)31)16-9-2-1-3-10-16)26(33-21)22(29)17-11-4-5-12-18(17)23(26)30/h1-13,19-21H/t19-,20-,21+/m0/s1. The number of benzene rings is 3. The van der Waals surface area contributed by atoms with Crippen LogP contribution in [0.2, 0.25) is 0 Å². The van der Waals surface area contributed by atoms with Crippen molar-refractivity contribution in [3.63, 3.8) is 0 Å². The molecule has 7 heteroatoms. The Morgan fingerprint density at radius 3 is 2.03 bits per heavy atom. The van der Waals surface area contributed by atoms with Crippen LogP contribution in [0, 0.1) is 15.4 Å². The highest BCUT2D eigenvalue weighted by molar-refractivity contribution is 14.1. The molecule has 1 spiro atoms. The molecule has 2 fully saturated rings. The van der Waals surface area contributed by atoms with Gasteiger partial charge in [-0.05, 0) is 52.4 Å². The Kier molecular flexibility index (Phi) is 4.44. The minimum absolute atomic E-state index is 0.225. The summed E-state index contributed by atoms with van der Waals surface area (Å²) in [6.07, 6.45) is -0.905. The van der Waals surface area contributed by atoms with E-state index in [0.717, 1.165) is 8.47 Å². The Morgan fingerprint density at radius 2 is 1.39 bits per heavy atom. The van der Waals surface area contributed by atoms with Crippen molar-refractivity contribution in [3.05, 3.63) is 99.1 Å². The molecule has 2 amide bonds. The number of hydrogen-bond donors (Lipinski definition) is 0. The van der Waals surface area contributed by atoms with Crippen molar-refractivity contribution in [1.82, 2.24) is 0 Å². The number of para-hydroxylation sites is 1. The molecule has 0 N–H and O–H groups in total. The van der Waals surface area contributed by atoms with Gasteiger partial charge < -0.3 is 4.74 Å². The zero-order valence-corrected chi connectivity index (χ0v) is 19.3. The van der Waals surface area contributed by atoms with E-state index in [1.807, 2.05) is 18.2 Å². The number of fused-ring (bicyclic) bond motifs is 3. The predicted molar refractivity (Wildman–Crippen MR) is 127 cm³/mol. The molecule has 3 atom stereocenters. The SMILES string of the molecule is O=C1[C@@H]2[C@@H](c3cccc(I)c3)OC3(C(=O)c4ccccc4C3=O)[C@@H]2C(=O)N1c1ccccc1. The minimum atomic E-state index is -2.05. The molecule has 3 aliphatic rings.